The first-order valence-corrected chi connectivity index (χ1v) is 7.32. The van der Waals surface area contributed by atoms with Gasteiger partial charge in [-0.3, -0.25) is 9.69 Å². The van der Waals surface area contributed by atoms with Crippen LogP contribution < -0.4 is 11.1 Å². The van der Waals surface area contributed by atoms with Crippen molar-refractivity contribution in [2.24, 2.45) is 5.73 Å². The van der Waals surface area contributed by atoms with Gasteiger partial charge in [-0.1, -0.05) is 50.1 Å². The molecule has 6 heteroatoms. The van der Waals surface area contributed by atoms with Crippen LogP contribution in [0.15, 0.2) is 30.3 Å². The number of hydrogen-bond donors (Lipinski definition) is 2. The number of nitrogens with two attached hydrogens (primary N) is 1. The fourth-order valence-electron chi connectivity index (χ4n) is 2.30. The average Bonchev–Trinajstić information content (AvgIpc) is 2.44. The number of benzene rings is 1. The van der Waals surface area contributed by atoms with Crippen molar-refractivity contribution in [3.8, 4) is 0 Å². The summed E-state index contributed by atoms with van der Waals surface area (Å²) >= 11 is 0. The van der Waals surface area contributed by atoms with Crippen molar-refractivity contribution in [3.63, 3.8) is 0 Å². The van der Waals surface area contributed by atoms with E-state index in [1.807, 2.05) is 49.3 Å². The van der Waals surface area contributed by atoms with E-state index in [1.165, 1.54) is 0 Å². The number of nitrogens with one attached hydrogen (secondary N) is 1. The van der Waals surface area contributed by atoms with Gasteiger partial charge in [-0.15, -0.1) is 24.8 Å². The topological polar surface area (TPSA) is 58.4 Å². The first-order valence-electron chi connectivity index (χ1n) is 7.32. The van der Waals surface area contributed by atoms with Gasteiger partial charge in [0.1, 0.15) is 6.04 Å². The van der Waals surface area contributed by atoms with Gasteiger partial charge < -0.3 is 11.1 Å². The van der Waals surface area contributed by atoms with Crippen LogP contribution >= 0.6 is 24.8 Å². The molecule has 0 radical (unpaired) electrons. The number of carbonyl (C=O) groups excluding carboxylic acids is 1. The fourth-order valence-corrected chi connectivity index (χ4v) is 2.30. The van der Waals surface area contributed by atoms with Crippen molar-refractivity contribution < 1.29 is 4.79 Å². The van der Waals surface area contributed by atoms with E-state index in [2.05, 4.69) is 12.2 Å². The molecule has 1 rings (SSSR count). The summed E-state index contributed by atoms with van der Waals surface area (Å²) in [4.78, 5) is 14.4. The molecule has 3 N–H and O–H groups in total. The lowest BCUT2D eigenvalue weighted by molar-refractivity contribution is -0.126. The van der Waals surface area contributed by atoms with Crippen LogP contribution in [-0.2, 0) is 4.79 Å². The molecule has 2 atom stereocenters. The van der Waals surface area contributed by atoms with Crippen molar-refractivity contribution >= 4 is 30.7 Å². The highest BCUT2D eigenvalue weighted by molar-refractivity contribution is 5.85. The predicted octanol–water partition coefficient (Wildman–Crippen LogP) is 2.77. The largest absolute Gasteiger partial charge is 0.350 e. The lowest BCUT2D eigenvalue weighted by atomic mass is 10.0. The molecule has 0 spiro atoms. The van der Waals surface area contributed by atoms with E-state index in [4.69, 9.17) is 5.73 Å². The highest BCUT2D eigenvalue weighted by atomic mass is 35.5. The lowest BCUT2D eigenvalue weighted by Gasteiger charge is -2.26. The number of rotatable bonds is 8. The number of nitrogens with zero attached hydrogens (tertiary/aromatic N) is 1. The van der Waals surface area contributed by atoms with Crippen molar-refractivity contribution in [1.82, 2.24) is 10.2 Å². The zero-order chi connectivity index (χ0) is 15.0. The summed E-state index contributed by atoms with van der Waals surface area (Å²) in [6, 6.07) is 9.62. The van der Waals surface area contributed by atoms with Crippen molar-refractivity contribution in [2.75, 3.05) is 20.6 Å². The van der Waals surface area contributed by atoms with E-state index in [9.17, 15) is 4.79 Å². The summed E-state index contributed by atoms with van der Waals surface area (Å²) in [5.41, 5.74) is 6.75. The maximum absolute atomic E-state index is 12.5. The van der Waals surface area contributed by atoms with Gasteiger partial charge in [0.05, 0.1) is 0 Å². The number of amides is 1. The average molecular weight is 350 g/mol. The van der Waals surface area contributed by atoms with Crippen LogP contribution in [0.2, 0.25) is 0 Å². The number of hydrogen-bond acceptors (Lipinski definition) is 3. The van der Waals surface area contributed by atoms with E-state index in [1.54, 1.807) is 0 Å². The van der Waals surface area contributed by atoms with Gasteiger partial charge in [-0.25, -0.2) is 0 Å². The molecule has 1 aromatic rings. The number of likely N-dealkylation sites (N-methyl/N-ethyl adjacent to an activating group) is 1. The number of carbonyl (C=O) groups is 1. The minimum atomic E-state index is -0.271. The summed E-state index contributed by atoms with van der Waals surface area (Å²) in [7, 11) is 3.83. The second kappa shape index (κ2) is 12.7. The highest BCUT2D eigenvalue weighted by Gasteiger charge is 2.24. The Hall–Kier alpha value is -0.810. The predicted molar refractivity (Wildman–Crippen MR) is 97.9 cm³/mol. The molecule has 0 aromatic heterocycles. The molecule has 0 saturated heterocycles. The third-order valence-corrected chi connectivity index (χ3v) is 3.42. The van der Waals surface area contributed by atoms with Gasteiger partial charge in [0, 0.05) is 12.6 Å². The number of halogens is 2. The Kier molecular flexibility index (Phi) is 13.5. The zero-order valence-electron chi connectivity index (χ0n) is 13.6. The van der Waals surface area contributed by atoms with Crippen molar-refractivity contribution in [3.05, 3.63) is 35.9 Å². The van der Waals surface area contributed by atoms with Gasteiger partial charge in [-0.2, -0.15) is 0 Å². The van der Waals surface area contributed by atoms with E-state index in [0.717, 1.165) is 24.8 Å². The maximum Gasteiger partial charge on any atom is 0.242 e. The Morgan fingerprint density at radius 1 is 1.23 bits per heavy atom. The Labute approximate surface area is 146 Å². The van der Waals surface area contributed by atoms with Crippen LogP contribution in [0.4, 0.5) is 0 Å². The molecule has 0 fully saturated rings. The normalized spacial score (nSPS) is 12.8. The van der Waals surface area contributed by atoms with Crippen LogP contribution in [0.3, 0.4) is 0 Å². The van der Waals surface area contributed by atoms with E-state index >= 15 is 0 Å². The molecule has 4 nitrogen and oxygen atoms in total. The molecule has 0 aliphatic carbocycles. The van der Waals surface area contributed by atoms with Gasteiger partial charge in [0.15, 0.2) is 0 Å². The van der Waals surface area contributed by atoms with E-state index in [-0.39, 0.29) is 42.8 Å². The standard InChI is InChI=1S/C16H27N3O.2ClH/c1-4-5-11-14(12-17)18-16(20)15(19(2)3)13-9-7-6-8-10-13;;/h6-10,14-15H,4-5,11-12,17H2,1-3H3,(H,18,20);2*1H. The molecular formula is C16H29Cl2N3O. The quantitative estimate of drug-likeness (QED) is 0.758. The van der Waals surface area contributed by atoms with E-state index < -0.39 is 0 Å². The first-order chi connectivity index (χ1) is 9.60. The molecule has 1 amide bonds. The minimum absolute atomic E-state index is 0. The molecule has 0 aliphatic rings. The summed E-state index contributed by atoms with van der Waals surface area (Å²) in [6.45, 7) is 2.63. The third-order valence-electron chi connectivity index (χ3n) is 3.42. The van der Waals surface area contributed by atoms with Gasteiger partial charge in [0.2, 0.25) is 5.91 Å². The molecule has 0 saturated carbocycles. The fraction of sp³-hybridized carbons (Fsp3) is 0.562. The molecule has 0 aliphatic heterocycles. The molecule has 1 aromatic carbocycles. The second-order valence-electron chi connectivity index (χ2n) is 5.36. The Morgan fingerprint density at radius 3 is 2.27 bits per heavy atom. The Balaban J connectivity index is 0. The summed E-state index contributed by atoms with van der Waals surface area (Å²) in [5, 5.41) is 3.08. The van der Waals surface area contributed by atoms with Crippen LogP contribution in [0, 0.1) is 0 Å². The Bertz CT molecular complexity index is 402. The van der Waals surface area contributed by atoms with Crippen LogP contribution in [0.5, 0.6) is 0 Å². The van der Waals surface area contributed by atoms with Gasteiger partial charge >= 0.3 is 0 Å². The molecule has 0 heterocycles. The maximum atomic E-state index is 12.5. The summed E-state index contributed by atoms with van der Waals surface area (Å²) in [6.07, 6.45) is 3.13. The van der Waals surface area contributed by atoms with Gasteiger partial charge in [-0.05, 0) is 26.1 Å². The van der Waals surface area contributed by atoms with Crippen LogP contribution in [0.1, 0.15) is 37.8 Å². The Morgan fingerprint density at radius 2 is 1.82 bits per heavy atom. The molecule has 2 unspecified atom stereocenters. The van der Waals surface area contributed by atoms with Crippen molar-refractivity contribution in [2.45, 2.75) is 38.3 Å². The van der Waals surface area contributed by atoms with Crippen LogP contribution in [0.25, 0.3) is 0 Å². The summed E-state index contributed by atoms with van der Waals surface area (Å²) < 4.78 is 0. The zero-order valence-corrected chi connectivity index (χ0v) is 15.3. The molecule has 128 valence electrons. The lowest BCUT2D eigenvalue weighted by Crippen LogP contribution is -2.45. The monoisotopic (exact) mass is 349 g/mol. The third kappa shape index (κ3) is 7.45. The van der Waals surface area contributed by atoms with E-state index in [0.29, 0.717) is 6.54 Å². The molecular weight excluding hydrogens is 321 g/mol. The second-order valence-corrected chi connectivity index (χ2v) is 5.36. The molecule has 22 heavy (non-hydrogen) atoms. The highest BCUT2D eigenvalue weighted by Crippen LogP contribution is 2.18. The molecule has 0 bridgehead atoms. The SMILES string of the molecule is CCCCC(CN)NC(=O)C(c1ccccc1)N(C)C.Cl.Cl. The van der Waals surface area contributed by atoms with Gasteiger partial charge in [0.25, 0.3) is 0 Å². The smallest absolute Gasteiger partial charge is 0.242 e. The number of unbranched alkanes of at least 4 members (excludes halogenated alkanes) is 1. The first kappa shape index (κ1) is 23.5. The van der Waals surface area contributed by atoms with Crippen LogP contribution in [-0.4, -0.2) is 37.5 Å². The summed E-state index contributed by atoms with van der Waals surface area (Å²) in [5.74, 6) is 0.0211. The van der Waals surface area contributed by atoms with Crippen molar-refractivity contribution in [1.29, 1.82) is 0 Å². The minimum Gasteiger partial charge on any atom is -0.350 e.